The smallest absolute Gasteiger partial charge is 0.318 e. The van der Waals surface area contributed by atoms with Crippen LogP contribution < -0.4 is 4.72 Å². The number of nitrogens with one attached hydrogen (secondary N) is 1. The first-order valence-corrected chi connectivity index (χ1v) is 6.65. The molecule has 16 heavy (non-hydrogen) atoms. The van der Waals surface area contributed by atoms with Crippen molar-refractivity contribution < 1.29 is 18.3 Å². The zero-order valence-corrected chi connectivity index (χ0v) is 10.9. The first-order valence-electron chi connectivity index (χ1n) is 3.99. The van der Waals surface area contributed by atoms with Crippen LogP contribution in [-0.2, 0) is 14.8 Å². The maximum Gasteiger partial charge on any atom is 0.318 e. The summed E-state index contributed by atoms with van der Waals surface area (Å²) < 4.78 is 25.7. The van der Waals surface area contributed by atoms with E-state index in [-0.39, 0.29) is 9.92 Å². The summed E-state index contributed by atoms with van der Waals surface area (Å²) in [4.78, 5) is 10.1. The maximum absolute atomic E-state index is 11.6. The van der Waals surface area contributed by atoms with Crippen LogP contribution >= 0.6 is 27.5 Å². The molecule has 5 nitrogen and oxygen atoms in total. The van der Waals surface area contributed by atoms with E-state index < -0.39 is 22.5 Å². The number of hydrogen-bond acceptors (Lipinski definition) is 3. The van der Waals surface area contributed by atoms with Gasteiger partial charge in [-0.05, 0) is 18.2 Å². The standard InChI is InChI=1S/C8H7BrClNO4S/c9-5-1-2-7(6(10)3-5)16(14,15)11-4-8(12)13/h1-3,11H,4H2,(H,12,13). The minimum atomic E-state index is -3.89. The van der Waals surface area contributed by atoms with E-state index in [0.29, 0.717) is 4.47 Å². The van der Waals surface area contributed by atoms with Crippen LogP contribution in [0, 0.1) is 0 Å². The normalized spacial score (nSPS) is 11.4. The lowest BCUT2D eigenvalue weighted by molar-refractivity contribution is -0.135. The fourth-order valence-corrected chi connectivity index (χ4v) is 2.94. The second kappa shape index (κ2) is 5.13. The molecule has 0 bridgehead atoms. The van der Waals surface area contributed by atoms with Gasteiger partial charge in [0.25, 0.3) is 0 Å². The first-order chi connectivity index (χ1) is 7.33. The predicted octanol–water partition coefficient (Wildman–Crippen LogP) is 1.47. The average Bonchev–Trinajstić information content (AvgIpc) is 2.14. The quantitative estimate of drug-likeness (QED) is 0.876. The van der Waals surface area contributed by atoms with Gasteiger partial charge in [-0.1, -0.05) is 27.5 Å². The van der Waals surface area contributed by atoms with Crippen LogP contribution in [0.25, 0.3) is 0 Å². The van der Waals surface area contributed by atoms with Crippen molar-refractivity contribution in [1.29, 1.82) is 0 Å². The topological polar surface area (TPSA) is 83.5 Å². The summed E-state index contributed by atoms with van der Waals surface area (Å²) in [6.07, 6.45) is 0. The fourth-order valence-electron chi connectivity index (χ4n) is 0.928. The fraction of sp³-hybridized carbons (Fsp3) is 0.125. The third-order valence-corrected chi connectivity index (χ3v) is 3.97. The molecule has 2 N–H and O–H groups in total. The van der Waals surface area contributed by atoms with Gasteiger partial charge in [0, 0.05) is 4.47 Å². The average molecular weight is 329 g/mol. The van der Waals surface area contributed by atoms with Gasteiger partial charge < -0.3 is 5.11 Å². The van der Waals surface area contributed by atoms with Gasteiger partial charge in [0.05, 0.1) is 5.02 Å². The second-order valence-electron chi connectivity index (χ2n) is 2.79. The molecule has 0 spiro atoms. The van der Waals surface area contributed by atoms with Gasteiger partial charge in [-0.2, -0.15) is 4.72 Å². The zero-order chi connectivity index (χ0) is 12.3. The lowest BCUT2D eigenvalue weighted by atomic mass is 10.4. The highest BCUT2D eigenvalue weighted by molar-refractivity contribution is 9.10. The minimum Gasteiger partial charge on any atom is -0.480 e. The molecule has 0 saturated heterocycles. The van der Waals surface area contributed by atoms with Crippen LogP contribution in [0.2, 0.25) is 5.02 Å². The third-order valence-electron chi connectivity index (χ3n) is 1.60. The van der Waals surface area contributed by atoms with Crippen LogP contribution in [0.3, 0.4) is 0 Å². The van der Waals surface area contributed by atoms with E-state index in [1.54, 1.807) is 0 Å². The number of carbonyl (C=O) groups is 1. The summed E-state index contributed by atoms with van der Waals surface area (Å²) in [5.74, 6) is -1.27. The minimum absolute atomic E-state index is 0.0206. The van der Waals surface area contributed by atoms with Crippen molar-refractivity contribution in [3.63, 3.8) is 0 Å². The third kappa shape index (κ3) is 3.44. The SMILES string of the molecule is O=C(O)CNS(=O)(=O)c1ccc(Br)cc1Cl. The Bertz CT molecular complexity index is 517. The molecule has 1 aromatic carbocycles. The van der Waals surface area contributed by atoms with E-state index in [0.717, 1.165) is 0 Å². The highest BCUT2D eigenvalue weighted by atomic mass is 79.9. The molecule has 0 aliphatic heterocycles. The molecule has 0 aromatic heterocycles. The number of rotatable bonds is 4. The van der Waals surface area contributed by atoms with Gasteiger partial charge in [-0.3, -0.25) is 4.79 Å². The number of sulfonamides is 1. The van der Waals surface area contributed by atoms with E-state index in [2.05, 4.69) is 15.9 Å². The van der Waals surface area contributed by atoms with Gasteiger partial charge in [-0.25, -0.2) is 8.42 Å². The number of aliphatic carboxylic acids is 1. The lowest BCUT2D eigenvalue weighted by Gasteiger charge is -2.06. The molecule has 0 radical (unpaired) electrons. The molecule has 0 unspecified atom stereocenters. The number of halogens is 2. The molecular weight excluding hydrogens is 322 g/mol. The van der Waals surface area contributed by atoms with Crippen LogP contribution in [0.1, 0.15) is 0 Å². The molecule has 0 aliphatic rings. The van der Waals surface area contributed by atoms with Crippen molar-refractivity contribution in [2.45, 2.75) is 4.90 Å². The predicted molar refractivity (Wildman–Crippen MR) is 62.0 cm³/mol. The molecule has 0 amide bonds. The van der Waals surface area contributed by atoms with E-state index in [4.69, 9.17) is 16.7 Å². The largest absolute Gasteiger partial charge is 0.480 e. The first kappa shape index (κ1) is 13.4. The lowest BCUT2D eigenvalue weighted by Crippen LogP contribution is -2.29. The maximum atomic E-state index is 11.6. The Hall–Kier alpha value is -0.630. The molecule has 1 rings (SSSR count). The highest BCUT2D eigenvalue weighted by Crippen LogP contribution is 2.24. The van der Waals surface area contributed by atoms with Gasteiger partial charge >= 0.3 is 5.97 Å². The van der Waals surface area contributed by atoms with Crippen molar-refractivity contribution in [2.75, 3.05) is 6.54 Å². The molecule has 8 heteroatoms. The number of carboxylic acids is 1. The zero-order valence-electron chi connectivity index (χ0n) is 7.78. The monoisotopic (exact) mass is 327 g/mol. The molecule has 0 fully saturated rings. The van der Waals surface area contributed by atoms with E-state index in [1.807, 2.05) is 4.72 Å². The Kier molecular flexibility index (Phi) is 4.31. The van der Waals surface area contributed by atoms with E-state index in [9.17, 15) is 13.2 Å². The summed E-state index contributed by atoms with van der Waals surface area (Å²) >= 11 is 8.86. The van der Waals surface area contributed by atoms with Crippen molar-refractivity contribution >= 4 is 43.5 Å². The summed E-state index contributed by atoms with van der Waals surface area (Å²) in [7, 11) is -3.89. The molecule has 88 valence electrons. The van der Waals surface area contributed by atoms with Crippen molar-refractivity contribution in [1.82, 2.24) is 4.72 Å². The van der Waals surface area contributed by atoms with Gasteiger partial charge in [0.15, 0.2) is 0 Å². The van der Waals surface area contributed by atoms with Crippen LogP contribution in [0.15, 0.2) is 27.6 Å². The summed E-state index contributed by atoms with van der Waals surface area (Å²) in [5.41, 5.74) is 0. The van der Waals surface area contributed by atoms with Crippen molar-refractivity contribution in [2.24, 2.45) is 0 Å². The summed E-state index contributed by atoms with van der Waals surface area (Å²) in [6, 6.07) is 4.20. The Balaban J connectivity index is 3.03. The number of benzene rings is 1. The van der Waals surface area contributed by atoms with Crippen LogP contribution in [0.5, 0.6) is 0 Å². The Labute approximate surface area is 106 Å². The molecule has 0 aliphatic carbocycles. The summed E-state index contributed by atoms with van der Waals surface area (Å²) in [5, 5.41) is 8.39. The van der Waals surface area contributed by atoms with Gasteiger partial charge in [0.1, 0.15) is 11.4 Å². The Morgan fingerprint density at radius 2 is 2.12 bits per heavy atom. The number of carboxylic acid groups (broad SMARTS) is 1. The molecule has 1 aromatic rings. The summed E-state index contributed by atoms with van der Waals surface area (Å²) in [6.45, 7) is -0.686. The Morgan fingerprint density at radius 3 is 2.62 bits per heavy atom. The van der Waals surface area contributed by atoms with E-state index >= 15 is 0 Å². The van der Waals surface area contributed by atoms with Crippen LogP contribution in [0.4, 0.5) is 0 Å². The molecular formula is C8H7BrClNO4S. The molecule has 0 saturated carbocycles. The van der Waals surface area contributed by atoms with Gasteiger partial charge in [-0.15, -0.1) is 0 Å². The van der Waals surface area contributed by atoms with Gasteiger partial charge in [0.2, 0.25) is 10.0 Å². The molecule has 0 atom stereocenters. The number of hydrogen-bond donors (Lipinski definition) is 2. The highest BCUT2D eigenvalue weighted by Gasteiger charge is 2.18. The van der Waals surface area contributed by atoms with Crippen molar-refractivity contribution in [3.05, 3.63) is 27.7 Å². The van der Waals surface area contributed by atoms with Crippen molar-refractivity contribution in [3.8, 4) is 0 Å². The van der Waals surface area contributed by atoms with E-state index in [1.165, 1.54) is 18.2 Å². The molecule has 0 heterocycles. The second-order valence-corrected chi connectivity index (χ2v) is 5.85. The van der Waals surface area contributed by atoms with Crippen LogP contribution in [-0.4, -0.2) is 26.0 Å². The Morgan fingerprint density at radius 1 is 1.50 bits per heavy atom.